The molecule has 2 aromatic rings. The molecular weight excluding hydrogens is 456 g/mol. The SMILES string of the molecule is CCC(C(=O)NC1CCCCC1)N(Cc1ccc(OC)cc1)C(=O)CCc1ccc2c(c1)OCCO2. The van der Waals surface area contributed by atoms with Crippen molar-refractivity contribution >= 4 is 11.8 Å². The van der Waals surface area contributed by atoms with Crippen molar-refractivity contribution in [2.75, 3.05) is 20.3 Å². The Hall–Kier alpha value is -3.22. The zero-order valence-corrected chi connectivity index (χ0v) is 21.5. The van der Waals surface area contributed by atoms with Gasteiger partial charge < -0.3 is 24.4 Å². The molecule has 1 N–H and O–H groups in total. The third-order valence-corrected chi connectivity index (χ3v) is 7.08. The molecule has 0 saturated heterocycles. The lowest BCUT2D eigenvalue weighted by molar-refractivity contribution is -0.141. The molecule has 1 saturated carbocycles. The van der Waals surface area contributed by atoms with Crippen LogP contribution in [0.5, 0.6) is 17.2 Å². The maximum Gasteiger partial charge on any atom is 0.243 e. The number of benzene rings is 2. The van der Waals surface area contributed by atoms with Crippen LogP contribution in [0, 0.1) is 0 Å². The molecule has 0 bridgehead atoms. The fourth-order valence-corrected chi connectivity index (χ4v) is 5.03. The van der Waals surface area contributed by atoms with E-state index in [1.165, 1.54) is 6.42 Å². The average Bonchev–Trinajstić information content (AvgIpc) is 2.92. The van der Waals surface area contributed by atoms with Crippen LogP contribution in [0.15, 0.2) is 42.5 Å². The monoisotopic (exact) mass is 494 g/mol. The number of ether oxygens (including phenoxy) is 3. The van der Waals surface area contributed by atoms with Gasteiger partial charge in [-0.05, 0) is 61.1 Å². The molecule has 2 amide bonds. The van der Waals surface area contributed by atoms with Crippen LogP contribution in [-0.2, 0) is 22.6 Å². The summed E-state index contributed by atoms with van der Waals surface area (Å²) in [5.41, 5.74) is 1.98. The first-order chi connectivity index (χ1) is 17.6. The van der Waals surface area contributed by atoms with E-state index in [1.54, 1.807) is 12.0 Å². The molecule has 1 unspecified atom stereocenters. The molecule has 2 aliphatic rings. The molecule has 7 heteroatoms. The van der Waals surface area contributed by atoms with Gasteiger partial charge in [-0.25, -0.2) is 0 Å². The van der Waals surface area contributed by atoms with E-state index in [0.29, 0.717) is 39.0 Å². The Bertz CT molecular complexity index is 1020. The maximum atomic E-state index is 13.6. The zero-order chi connectivity index (χ0) is 25.3. The van der Waals surface area contributed by atoms with Gasteiger partial charge in [-0.2, -0.15) is 0 Å². The number of amides is 2. The third kappa shape index (κ3) is 6.71. The van der Waals surface area contributed by atoms with Gasteiger partial charge in [0, 0.05) is 19.0 Å². The summed E-state index contributed by atoms with van der Waals surface area (Å²) < 4.78 is 16.6. The fraction of sp³-hybridized carbons (Fsp3) is 0.517. The molecule has 0 aromatic heterocycles. The van der Waals surface area contributed by atoms with E-state index in [0.717, 1.165) is 54.1 Å². The van der Waals surface area contributed by atoms with Crippen molar-refractivity contribution in [3.8, 4) is 17.2 Å². The highest BCUT2D eigenvalue weighted by Crippen LogP contribution is 2.31. The standard InChI is InChI=1S/C29H38N2O5/c1-3-25(29(33)30-23-7-5-4-6-8-23)31(20-22-9-13-24(34-2)14-10-22)28(32)16-12-21-11-15-26-27(19-21)36-18-17-35-26/h9-11,13-15,19,23,25H,3-8,12,16-18,20H2,1-2H3,(H,30,33). The first-order valence-electron chi connectivity index (χ1n) is 13.2. The van der Waals surface area contributed by atoms with Crippen molar-refractivity contribution in [1.82, 2.24) is 10.2 Å². The Balaban J connectivity index is 1.48. The van der Waals surface area contributed by atoms with E-state index in [9.17, 15) is 9.59 Å². The number of fused-ring (bicyclic) bond motifs is 1. The van der Waals surface area contributed by atoms with Crippen LogP contribution in [0.1, 0.15) is 63.0 Å². The summed E-state index contributed by atoms with van der Waals surface area (Å²) in [5, 5.41) is 3.23. The minimum Gasteiger partial charge on any atom is -0.497 e. The summed E-state index contributed by atoms with van der Waals surface area (Å²) in [6.45, 7) is 3.42. The number of carbonyl (C=O) groups excluding carboxylic acids is 2. The number of aryl methyl sites for hydroxylation is 1. The molecule has 194 valence electrons. The lowest BCUT2D eigenvalue weighted by atomic mass is 9.95. The van der Waals surface area contributed by atoms with E-state index in [-0.39, 0.29) is 17.9 Å². The summed E-state index contributed by atoms with van der Waals surface area (Å²) >= 11 is 0. The van der Waals surface area contributed by atoms with Gasteiger partial charge in [-0.3, -0.25) is 9.59 Å². The molecule has 4 rings (SSSR count). The van der Waals surface area contributed by atoms with Gasteiger partial charge in [-0.15, -0.1) is 0 Å². The van der Waals surface area contributed by atoms with Crippen molar-refractivity contribution in [3.05, 3.63) is 53.6 Å². The van der Waals surface area contributed by atoms with E-state index in [2.05, 4.69) is 5.32 Å². The Labute approximate surface area is 214 Å². The first-order valence-corrected chi connectivity index (χ1v) is 13.2. The average molecular weight is 495 g/mol. The molecule has 0 radical (unpaired) electrons. The molecule has 1 fully saturated rings. The predicted molar refractivity (Wildman–Crippen MR) is 138 cm³/mol. The highest BCUT2D eigenvalue weighted by atomic mass is 16.6. The van der Waals surface area contributed by atoms with Crippen molar-refractivity contribution in [3.63, 3.8) is 0 Å². The first kappa shape index (κ1) is 25.9. The number of nitrogens with zero attached hydrogens (tertiary/aromatic N) is 1. The topological polar surface area (TPSA) is 77.1 Å². The van der Waals surface area contributed by atoms with Crippen LogP contribution < -0.4 is 19.5 Å². The van der Waals surface area contributed by atoms with Crippen LogP contribution in [0.2, 0.25) is 0 Å². The Kier molecular flexibility index (Phi) is 9.09. The smallest absolute Gasteiger partial charge is 0.243 e. The molecule has 36 heavy (non-hydrogen) atoms. The van der Waals surface area contributed by atoms with E-state index in [1.807, 2.05) is 49.4 Å². The number of rotatable bonds is 10. The molecule has 0 spiro atoms. The molecule has 1 heterocycles. The van der Waals surface area contributed by atoms with Crippen LogP contribution >= 0.6 is 0 Å². The van der Waals surface area contributed by atoms with Crippen molar-refractivity contribution in [2.45, 2.75) is 76.9 Å². The number of hydrogen-bond acceptors (Lipinski definition) is 5. The van der Waals surface area contributed by atoms with E-state index >= 15 is 0 Å². The molecule has 1 aliphatic heterocycles. The number of hydrogen-bond donors (Lipinski definition) is 1. The number of nitrogens with one attached hydrogen (secondary N) is 1. The normalized spacial score (nSPS) is 16.2. The van der Waals surface area contributed by atoms with Gasteiger partial charge >= 0.3 is 0 Å². The number of methoxy groups -OCH3 is 1. The second kappa shape index (κ2) is 12.7. The lowest BCUT2D eigenvalue weighted by Gasteiger charge is -2.33. The number of carbonyl (C=O) groups is 2. The Morgan fingerprint density at radius 2 is 1.69 bits per heavy atom. The van der Waals surface area contributed by atoms with Crippen LogP contribution in [0.3, 0.4) is 0 Å². The van der Waals surface area contributed by atoms with Gasteiger partial charge in [0.05, 0.1) is 7.11 Å². The summed E-state index contributed by atoms with van der Waals surface area (Å²) in [6.07, 6.45) is 6.98. The van der Waals surface area contributed by atoms with Crippen molar-refractivity contribution in [2.24, 2.45) is 0 Å². The van der Waals surface area contributed by atoms with Crippen molar-refractivity contribution in [1.29, 1.82) is 0 Å². The highest BCUT2D eigenvalue weighted by molar-refractivity contribution is 5.88. The van der Waals surface area contributed by atoms with Gasteiger partial charge in [0.25, 0.3) is 0 Å². The van der Waals surface area contributed by atoms with Gasteiger partial charge in [0.15, 0.2) is 11.5 Å². The maximum absolute atomic E-state index is 13.6. The minimum absolute atomic E-state index is 0.0358. The quantitative estimate of drug-likeness (QED) is 0.520. The van der Waals surface area contributed by atoms with Crippen LogP contribution in [0.25, 0.3) is 0 Å². The lowest BCUT2D eigenvalue weighted by Crippen LogP contribution is -2.51. The second-order valence-corrected chi connectivity index (χ2v) is 9.62. The predicted octanol–water partition coefficient (Wildman–Crippen LogP) is 4.66. The zero-order valence-electron chi connectivity index (χ0n) is 21.5. The molecule has 2 aromatic carbocycles. The molecule has 1 aliphatic carbocycles. The third-order valence-electron chi connectivity index (χ3n) is 7.08. The second-order valence-electron chi connectivity index (χ2n) is 9.62. The van der Waals surface area contributed by atoms with Gasteiger partial charge in [-0.1, -0.05) is 44.4 Å². The van der Waals surface area contributed by atoms with Crippen molar-refractivity contribution < 1.29 is 23.8 Å². The molecular formula is C29H38N2O5. The summed E-state index contributed by atoms with van der Waals surface area (Å²) in [4.78, 5) is 28.7. The van der Waals surface area contributed by atoms with Crippen LogP contribution in [0.4, 0.5) is 0 Å². The Morgan fingerprint density at radius 3 is 2.39 bits per heavy atom. The van der Waals surface area contributed by atoms with Crippen LogP contribution in [-0.4, -0.2) is 49.1 Å². The highest BCUT2D eigenvalue weighted by Gasteiger charge is 2.30. The largest absolute Gasteiger partial charge is 0.497 e. The summed E-state index contributed by atoms with van der Waals surface area (Å²) in [5.74, 6) is 2.14. The molecule has 1 atom stereocenters. The van der Waals surface area contributed by atoms with Gasteiger partial charge in [0.2, 0.25) is 11.8 Å². The molecule has 7 nitrogen and oxygen atoms in total. The fourth-order valence-electron chi connectivity index (χ4n) is 5.03. The summed E-state index contributed by atoms with van der Waals surface area (Å²) in [6, 6.07) is 13.2. The summed E-state index contributed by atoms with van der Waals surface area (Å²) in [7, 11) is 1.63. The van der Waals surface area contributed by atoms with Gasteiger partial charge in [0.1, 0.15) is 25.0 Å². The minimum atomic E-state index is -0.512. The van der Waals surface area contributed by atoms with E-state index < -0.39 is 6.04 Å². The Morgan fingerprint density at radius 1 is 1.00 bits per heavy atom. The van der Waals surface area contributed by atoms with E-state index in [4.69, 9.17) is 14.2 Å².